The fraction of sp³-hybridized carbons (Fsp3) is 0.300. The molecule has 0 radical (unpaired) electrons. The van der Waals surface area contributed by atoms with E-state index in [1.165, 1.54) is 0 Å². The summed E-state index contributed by atoms with van der Waals surface area (Å²) in [4.78, 5) is 26.9. The Balaban J connectivity index is 1.64. The quantitative estimate of drug-likeness (QED) is 0.812. The summed E-state index contributed by atoms with van der Waals surface area (Å²) in [7, 11) is 0. The average molecular weight is 307 g/mol. The van der Waals surface area contributed by atoms with Gasteiger partial charge in [0, 0.05) is 24.6 Å². The van der Waals surface area contributed by atoms with Crippen LogP contribution >= 0.6 is 0 Å². The molecule has 1 atom stereocenters. The zero-order chi connectivity index (χ0) is 16.1. The first-order chi connectivity index (χ1) is 11.2. The van der Waals surface area contributed by atoms with Crippen LogP contribution in [0.25, 0.3) is 0 Å². The third-order valence-electron chi connectivity index (χ3n) is 4.40. The van der Waals surface area contributed by atoms with Crippen LogP contribution < -0.4 is 0 Å². The van der Waals surface area contributed by atoms with Gasteiger partial charge >= 0.3 is 0 Å². The standard InChI is InChI=1S/C20H21NO2/c22-19(14-16-8-3-1-4-9-16)21-13-7-12-18(15-21)20(23)17-10-5-2-6-11-17/h1-6,8-11,18H,7,12-15H2. The Labute approximate surface area is 136 Å². The van der Waals surface area contributed by atoms with Crippen LogP contribution in [0, 0.1) is 5.92 Å². The van der Waals surface area contributed by atoms with E-state index in [9.17, 15) is 9.59 Å². The maximum atomic E-state index is 12.6. The van der Waals surface area contributed by atoms with Gasteiger partial charge in [-0.25, -0.2) is 0 Å². The molecule has 1 fully saturated rings. The normalized spacial score (nSPS) is 17.7. The second kappa shape index (κ2) is 7.23. The van der Waals surface area contributed by atoms with Crippen LogP contribution in [0.15, 0.2) is 60.7 Å². The van der Waals surface area contributed by atoms with E-state index < -0.39 is 0 Å². The summed E-state index contributed by atoms with van der Waals surface area (Å²) in [5.74, 6) is 0.190. The zero-order valence-corrected chi connectivity index (χ0v) is 13.2. The van der Waals surface area contributed by atoms with E-state index >= 15 is 0 Å². The summed E-state index contributed by atoms with van der Waals surface area (Å²) < 4.78 is 0. The third-order valence-corrected chi connectivity index (χ3v) is 4.40. The Kier molecular flexibility index (Phi) is 4.86. The van der Waals surface area contributed by atoms with Gasteiger partial charge in [-0.3, -0.25) is 9.59 Å². The molecule has 0 spiro atoms. The molecule has 1 aliphatic heterocycles. The van der Waals surface area contributed by atoms with Gasteiger partial charge in [-0.05, 0) is 18.4 Å². The SMILES string of the molecule is O=C(c1ccccc1)C1CCCN(C(=O)Cc2ccccc2)C1. The van der Waals surface area contributed by atoms with E-state index in [4.69, 9.17) is 0 Å². The van der Waals surface area contributed by atoms with Crippen molar-refractivity contribution in [1.29, 1.82) is 0 Å². The number of carbonyl (C=O) groups is 2. The van der Waals surface area contributed by atoms with Crippen molar-refractivity contribution in [2.24, 2.45) is 5.92 Å². The lowest BCUT2D eigenvalue weighted by molar-refractivity contribution is -0.131. The minimum Gasteiger partial charge on any atom is -0.342 e. The first kappa shape index (κ1) is 15.5. The Bertz CT molecular complexity index is 667. The molecule has 2 aromatic carbocycles. The first-order valence-electron chi connectivity index (χ1n) is 8.15. The van der Waals surface area contributed by atoms with Crippen LogP contribution in [0.1, 0.15) is 28.8 Å². The number of hydrogen-bond acceptors (Lipinski definition) is 2. The van der Waals surface area contributed by atoms with E-state index in [1.54, 1.807) is 0 Å². The van der Waals surface area contributed by atoms with Crippen molar-refractivity contribution in [2.75, 3.05) is 13.1 Å². The fourth-order valence-corrected chi connectivity index (χ4v) is 3.14. The van der Waals surface area contributed by atoms with Crippen molar-refractivity contribution in [1.82, 2.24) is 4.90 Å². The minimum atomic E-state index is -0.0779. The summed E-state index contributed by atoms with van der Waals surface area (Å²) in [5.41, 5.74) is 1.77. The van der Waals surface area contributed by atoms with Gasteiger partial charge in [-0.15, -0.1) is 0 Å². The number of hydrogen-bond donors (Lipinski definition) is 0. The van der Waals surface area contributed by atoms with Crippen LogP contribution in [0.2, 0.25) is 0 Å². The van der Waals surface area contributed by atoms with E-state index in [2.05, 4.69) is 0 Å². The summed E-state index contributed by atoms with van der Waals surface area (Å²) in [6, 6.07) is 19.2. The molecule has 1 heterocycles. The molecule has 0 saturated carbocycles. The molecule has 1 saturated heterocycles. The third kappa shape index (κ3) is 3.86. The monoisotopic (exact) mass is 307 g/mol. The molecule has 118 valence electrons. The second-order valence-electron chi connectivity index (χ2n) is 6.07. The van der Waals surface area contributed by atoms with Crippen LogP contribution in [0.5, 0.6) is 0 Å². The van der Waals surface area contributed by atoms with Crippen LogP contribution in [-0.4, -0.2) is 29.7 Å². The number of benzene rings is 2. The molecule has 0 aromatic heterocycles. The van der Waals surface area contributed by atoms with E-state index in [0.29, 0.717) is 13.0 Å². The summed E-state index contributed by atoms with van der Waals surface area (Å²) in [6.07, 6.45) is 2.17. The number of amides is 1. The summed E-state index contributed by atoms with van der Waals surface area (Å²) in [5, 5.41) is 0. The van der Waals surface area contributed by atoms with E-state index in [0.717, 1.165) is 30.5 Å². The highest BCUT2D eigenvalue weighted by Gasteiger charge is 2.28. The number of ketones is 1. The van der Waals surface area contributed by atoms with Crippen molar-refractivity contribution in [3.05, 3.63) is 71.8 Å². The highest BCUT2D eigenvalue weighted by Crippen LogP contribution is 2.21. The number of Topliss-reactive ketones (excluding diaryl/α,β-unsaturated/α-hetero) is 1. The van der Waals surface area contributed by atoms with Crippen LogP contribution in [0.4, 0.5) is 0 Å². The molecule has 2 aromatic rings. The van der Waals surface area contributed by atoms with Gasteiger partial charge in [-0.2, -0.15) is 0 Å². The van der Waals surface area contributed by atoms with Gasteiger partial charge in [0.05, 0.1) is 6.42 Å². The Morgan fingerprint density at radius 3 is 2.30 bits per heavy atom. The van der Waals surface area contributed by atoms with E-state index in [-0.39, 0.29) is 17.6 Å². The van der Waals surface area contributed by atoms with Crippen molar-refractivity contribution < 1.29 is 9.59 Å². The Hall–Kier alpha value is -2.42. The van der Waals surface area contributed by atoms with Crippen molar-refractivity contribution in [2.45, 2.75) is 19.3 Å². The molecular formula is C20H21NO2. The first-order valence-corrected chi connectivity index (χ1v) is 8.15. The van der Waals surface area contributed by atoms with Gasteiger partial charge in [0.15, 0.2) is 5.78 Å². The van der Waals surface area contributed by atoms with Crippen molar-refractivity contribution in [3.8, 4) is 0 Å². The molecule has 3 nitrogen and oxygen atoms in total. The number of piperidine rings is 1. The maximum Gasteiger partial charge on any atom is 0.227 e. The molecule has 0 aliphatic carbocycles. The smallest absolute Gasteiger partial charge is 0.227 e. The van der Waals surface area contributed by atoms with Gasteiger partial charge in [0.1, 0.15) is 0 Å². The number of carbonyl (C=O) groups excluding carboxylic acids is 2. The minimum absolute atomic E-state index is 0.0779. The molecule has 1 aliphatic rings. The fourth-order valence-electron chi connectivity index (χ4n) is 3.14. The molecule has 1 amide bonds. The zero-order valence-electron chi connectivity index (χ0n) is 13.2. The van der Waals surface area contributed by atoms with Crippen LogP contribution in [-0.2, 0) is 11.2 Å². The largest absolute Gasteiger partial charge is 0.342 e. The van der Waals surface area contributed by atoms with Gasteiger partial charge < -0.3 is 4.90 Å². The number of likely N-dealkylation sites (tertiary alicyclic amines) is 1. The summed E-state index contributed by atoms with van der Waals surface area (Å²) >= 11 is 0. The van der Waals surface area contributed by atoms with Crippen LogP contribution in [0.3, 0.4) is 0 Å². The van der Waals surface area contributed by atoms with Gasteiger partial charge in [0.25, 0.3) is 0 Å². The number of rotatable bonds is 4. The van der Waals surface area contributed by atoms with Gasteiger partial charge in [-0.1, -0.05) is 60.7 Å². The average Bonchev–Trinajstić information content (AvgIpc) is 2.63. The molecule has 1 unspecified atom stereocenters. The Morgan fingerprint density at radius 2 is 1.61 bits per heavy atom. The molecular weight excluding hydrogens is 286 g/mol. The molecule has 0 bridgehead atoms. The molecule has 23 heavy (non-hydrogen) atoms. The maximum absolute atomic E-state index is 12.6. The summed E-state index contributed by atoms with van der Waals surface area (Å²) in [6.45, 7) is 1.30. The topological polar surface area (TPSA) is 37.4 Å². The van der Waals surface area contributed by atoms with Gasteiger partial charge in [0.2, 0.25) is 5.91 Å². The lowest BCUT2D eigenvalue weighted by Gasteiger charge is -2.32. The number of nitrogens with zero attached hydrogens (tertiary/aromatic N) is 1. The van der Waals surface area contributed by atoms with Crippen molar-refractivity contribution in [3.63, 3.8) is 0 Å². The Morgan fingerprint density at radius 1 is 0.957 bits per heavy atom. The predicted octanol–water partition coefficient (Wildman–Crippen LogP) is 3.35. The molecule has 3 rings (SSSR count). The van der Waals surface area contributed by atoms with Crippen molar-refractivity contribution >= 4 is 11.7 Å². The highest BCUT2D eigenvalue weighted by molar-refractivity contribution is 5.98. The van der Waals surface area contributed by atoms with E-state index in [1.807, 2.05) is 65.6 Å². The lowest BCUT2D eigenvalue weighted by atomic mass is 9.90. The molecule has 0 N–H and O–H groups in total. The highest BCUT2D eigenvalue weighted by atomic mass is 16.2. The second-order valence-corrected chi connectivity index (χ2v) is 6.07. The predicted molar refractivity (Wildman–Crippen MR) is 90.2 cm³/mol. The molecule has 3 heteroatoms. The lowest BCUT2D eigenvalue weighted by Crippen LogP contribution is -2.43.